The lowest BCUT2D eigenvalue weighted by Crippen LogP contribution is -2.30. The van der Waals surface area contributed by atoms with Crippen LogP contribution in [0.15, 0.2) is 12.1 Å². The lowest BCUT2D eigenvalue weighted by molar-refractivity contribution is 0.0922. The van der Waals surface area contributed by atoms with Crippen LogP contribution < -0.4 is 5.32 Å². The Morgan fingerprint density at radius 2 is 2.47 bits per heavy atom. The Bertz CT molecular complexity index is 366. The van der Waals surface area contributed by atoms with Crippen molar-refractivity contribution in [1.29, 1.82) is 0 Å². The molecule has 0 radical (unpaired) electrons. The van der Waals surface area contributed by atoms with Crippen LogP contribution in [-0.4, -0.2) is 31.6 Å². The zero-order valence-electron chi connectivity index (χ0n) is 8.33. The van der Waals surface area contributed by atoms with Crippen LogP contribution in [0.5, 0.6) is 0 Å². The van der Waals surface area contributed by atoms with Gasteiger partial charge in [-0.25, -0.2) is 0 Å². The molecule has 0 amide bonds. The standard InChI is InChI=1S/C10H12ClNO2S/c1-14-6-4-7(12-5-6)10(13)8-2-3-9(11)15-8/h2-3,6-7,12H,4-5H2,1H3. The predicted octanol–water partition coefficient (Wildman–Crippen LogP) is 1.96. The van der Waals surface area contributed by atoms with Crippen LogP contribution in [0, 0.1) is 0 Å². The molecule has 0 aromatic carbocycles. The summed E-state index contributed by atoms with van der Waals surface area (Å²) >= 11 is 7.11. The molecular formula is C10H12ClNO2S. The summed E-state index contributed by atoms with van der Waals surface area (Å²) in [5.74, 6) is 0.117. The number of ketones is 1. The predicted molar refractivity (Wildman–Crippen MR) is 60.9 cm³/mol. The number of hydrogen-bond acceptors (Lipinski definition) is 4. The van der Waals surface area contributed by atoms with E-state index in [1.807, 2.05) is 0 Å². The Hall–Kier alpha value is -0.420. The van der Waals surface area contributed by atoms with Gasteiger partial charge in [0.15, 0.2) is 5.78 Å². The van der Waals surface area contributed by atoms with Gasteiger partial charge in [-0.15, -0.1) is 11.3 Å². The van der Waals surface area contributed by atoms with Crippen molar-refractivity contribution >= 4 is 28.7 Å². The molecule has 1 aliphatic heterocycles. The summed E-state index contributed by atoms with van der Waals surface area (Å²) < 4.78 is 5.85. The van der Waals surface area contributed by atoms with E-state index in [1.54, 1.807) is 19.2 Å². The van der Waals surface area contributed by atoms with Crippen molar-refractivity contribution in [2.75, 3.05) is 13.7 Å². The van der Waals surface area contributed by atoms with Gasteiger partial charge >= 0.3 is 0 Å². The normalized spacial score (nSPS) is 25.7. The Kier molecular flexibility index (Phi) is 3.41. The van der Waals surface area contributed by atoms with E-state index in [1.165, 1.54) is 11.3 Å². The molecule has 1 fully saturated rings. The number of carbonyl (C=O) groups is 1. The summed E-state index contributed by atoms with van der Waals surface area (Å²) in [5, 5.41) is 3.15. The molecule has 0 spiro atoms. The van der Waals surface area contributed by atoms with Crippen molar-refractivity contribution in [1.82, 2.24) is 5.32 Å². The van der Waals surface area contributed by atoms with Crippen LogP contribution in [0.3, 0.4) is 0 Å². The average molecular weight is 246 g/mol. The number of Topliss-reactive ketones (excluding diaryl/α,β-unsaturated/α-hetero) is 1. The molecule has 2 rings (SSSR count). The van der Waals surface area contributed by atoms with Crippen molar-refractivity contribution in [3.05, 3.63) is 21.3 Å². The monoisotopic (exact) mass is 245 g/mol. The van der Waals surface area contributed by atoms with Gasteiger partial charge in [-0.2, -0.15) is 0 Å². The highest BCUT2D eigenvalue weighted by atomic mass is 35.5. The highest BCUT2D eigenvalue weighted by Crippen LogP contribution is 2.24. The smallest absolute Gasteiger partial charge is 0.189 e. The van der Waals surface area contributed by atoms with E-state index in [-0.39, 0.29) is 17.9 Å². The van der Waals surface area contributed by atoms with Crippen LogP contribution in [0.4, 0.5) is 0 Å². The van der Waals surface area contributed by atoms with Crippen molar-refractivity contribution in [2.24, 2.45) is 0 Å². The minimum absolute atomic E-state index is 0.117. The van der Waals surface area contributed by atoms with Crippen LogP contribution in [0.1, 0.15) is 16.1 Å². The lowest BCUT2D eigenvalue weighted by atomic mass is 10.1. The van der Waals surface area contributed by atoms with Gasteiger partial charge in [0, 0.05) is 13.7 Å². The summed E-state index contributed by atoms with van der Waals surface area (Å²) in [7, 11) is 1.67. The maximum atomic E-state index is 12.0. The molecule has 15 heavy (non-hydrogen) atoms. The molecule has 2 atom stereocenters. The Morgan fingerprint density at radius 1 is 1.67 bits per heavy atom. The van der Waals surface area contributed by atoms with E-state index in [2.05, 4.69) is 5.32 Å². The van der Waals surface area contributed by atoms with Gasteiger partial charge in [-0.05, 0) is 18.6 Å². The van der Waals surface area contributed by atoms with Crippen LogP contribution in [0.2, 0.25) is 4.34 Å². The van der Waals surface area contributed by atoms with Crippen molar-refractivity contribution in [3.8, 4) is 0 Å². The van der Waals surface area contributed by atoms with Gasteiger partial charge in [0.2, 0.25) is 0 Å². The first-order valence-corrected chi connectivity index (χ1v) is 5.96. The van der Waals surface area contributed by atoms with E-state index in [0.717, 1.165) is 13.0 Å². The molecule has 2 unspecified atom stereocenters. The molecule has 1 N–H and O–H groups in total. The molecule has 5 heteroatoms. The fourth-order valence-electron chi connectivity index (χ4n) is 1.70. The summed E-state index contributed by atoms with van der Waals surface area (Å²) in [4.78, 5) is 12.7. The largest absolute Gasteiger partial charge is 0.380 e. The van der Waals surface area contributed by atoms with Gasteiger partial charge in [0.05, 0.1) is 21.4 Å². The molecule has 3 nitrogen and oxygen atoms in total. The molecule has 1 saturated heterocycles. The van der Waals surface area contributed by atoms with Gasteiger partial charge in [-0.3, -0.25) is 4.79 Å². The Morgan fingerprint density at radius 3 is 3.00 bits per heavy atom. The zero-order chi connectivity index (χ0) is 10.8. The summed E-state index contributed by atoms with van der Waals surface area (Å²) in [6, 6.07) is 3.41. The summed E-state index contributed by atoms with van der Waals surface area (Å²) in [6.45, 7) is 0.742. The average Bonchev–Trinajstić information content (AvgIpc) is 2.84. The Labute approximate surface area is 97.4 Å². The molecule has 0 bridgehead atoms. The molecular weight excluding hydrogens is 234 g/mol. The first kappa shape index (κ1) is 11.1. The summed E-state index contributed by atoms with van der Waals surface area (Å²) in [5.41, 5.74) is 0. The maximum absolute atomic E-state index is 12.0. The number of carbonyl (C=O) groups excluding carboxylic acids is 1. The fourth-order valence-corrected chi connectivity index (χ4v) is 2.74. The van der Waals surface area contributed by atoms with Gasteiger partial charge < -0.3 is 10.1 Å². The first-order valence-electron chi connectivity index (χ1n) is 4.76. The second-order valence-electron chi connectivity index (χ2n) is 3.52. The Balaban J connectivity index is 2.03. The fraction of sp³-hybridized carbons (Fsp3) is 0.500. The number of thiophene rings is 1. The minimum Gasteiger partial charge on any atom is -0.380 e. The highest BCUT2D eigenvalue weighted by molar-refractivity contribution is 7.18. The molecule has 1 aromatic rings. The molecule has 0 aliphatic carbocycles. The minimum atomic E-state index is -0.121. The van der Waals surface area contributed by atoms with E-state index >= 15 is 0 Å². The highest BCUT2D eigenvalue weighted by Gasteiger charge is 2.30. The quantitative estimate of drug-likeness (QED) is 0.828. The maximum Gasteiger partial charge on any atom is 0.189 e. The van der Waals surface area contributed by atoms with Gasteiger partial charge in [0.25, 0.3) is 0 Å². The third kappa shape index (κ3) is 2.39. The van der Waals surface area contributed by atoms with Crippen molar-refractivity contribution in [3.63, 3.8) is 0 Å². The van der Waals surface area contributed by atoms with Crippen molar-refractivity contribution in [2.45, 2.75) is 18.6 Å². The van der Waals surface area contributed by atoms with Gasteiger partial charge in [-0.1, -0.05) is 11.6 Å². The number of ether oxygens (including phenoxy) is 1. The second-order valence-corrected chi connectivity index (χ2v) is 5.24. The number of rotatable bonds is 3. The molecule has 1 aromatic heterocycles. The van der Waals surface area contributed by atoms with E-state index in [0.29, 0.717) is 9.21 Å². The second kappa shape index (κ2) is 4.61. The summed E-state index contributed by atoms with van der Waals surface area (Å²) in [6.07, 6.45) is 0.889. The molecule has 1 aliphatic rings. The third-order valence-corrected chi connectivity index (χ3v) is 3.80. The number of nitrogens with one attached hydrogen (secondary N) is 1. The van der Waals surface area contributed by atoms with E-state index in [4.69, 9.17) is 16.3 Å². The third-order valence-electron chi connectivity index (χ3n) is 2.56. The van der Waals surface area contributed by atoms with Crippen LogP contribution in [-0.2, 0) is 4.74 Å². The number of hydrogen-bond donors (Lipinski definition) is 1. The zero-order valence-corrected chi connectivity index (χ0v) is 9.90. The first-order chi connectivity index (χ1) is 7.20. The van der Waals surface area contributed by atoms with Gasteiger partial charge in [0.1, 0.15) is 0 Å². The number of methoxy groups -OCH3 is 1. The number of halogens is 1. The lowest BCUT2D eigenvalue weighted by Gasteiger charge is -2.07. The topological polar surface area (TPSA) is 38.3 Å². The van der Waals surface area contributed by atoms with E-state index < -0.39 is 0 Å². The van der Waals surface area contributed by atoms with Crippen molar-refractivity contribution < 1.29 is 9.53 Å². The molecule has 0 saturated carbocycles. The van der Waals surface area contributed by atoms with Crippen LogP contribution in [0.25, 0.3) is 0 Å². The molecule has 82 valence electrons. The molecule has 2 heterocycles. The van der Waals surface area contributed by atoms with Crippen LogP contribution >= 0.6 is 22.9 Å². The SMILES string of the molecule is COC1CNC(C(=O)c2ccc(Cl)s2)C1. The van der Waals surface area contributed by atoms with E-state index in [9.17, 15) is 4.79 Å².